The van der Waals surface area contributed by atoms with Crippen molar-refractivity contribution in [2.45, 2.75) is 50.0 Å². The first-order chi connectivity index (χ1) is 8.79. The van der Waals surface area contributed by atoms with E-state index in [2.05, 4.69) is 6.58 Å². The molecular weight excluding hydrogens is 265 g/mol. The minimum atomic E-state index is -4.78. The molecule has 0 amide bonds. The molecule has 3 heterocycles. The molecule has 0 aliphatic carbocycles. The Morgan fingerprint density at radius 1 is 1.32 bits per heavy atom. The fourth-order valence-electron chi connectivity index (χ4n) is 3.11. The van der Waals surface area contributed by atoms with Gasteiger partial charge in [-0.25, -0.2) is 4.79 Å². The van der Waals surface area contributed by atoms with Crippen molar-refractivity contribution in [2.75, 3.05) is 0 Å². The van der Waals surface area contributed by atoms with Crippen LogP contribution >= 0.6 is 0 Å². The van der Waals surface area contributed by atoms with Crippen LogP contribution in [-0.2, 0) is 19.0 Å². The summed E-state index contributed by atoms with van der Waals surface area (Å²) < 4.78 is 53.1. The minimum absolute atomic E-state index is 0.0190. The van der Waals surface area contributed by atoms with Crippen molar-refractivity contribution in [3.05, 3.63) is 12.2 Å². The molecular formula is C12H13F3O4. The van der Waals surface area contributed by atoms with Gasteiger partial charge in [0.1, 0.15) is 11.7 Å². The van der Waals surface area contributed by atoms with Crippen LogP contribution in [0.25, 0.3) is 0 Å². The van der Waals surface area contributed by atoms with Crippen LogP contribution in [0.1, 0.15) is 13.3 Å². The highest BCUT2D eigenvalue weighted by Gasteiger charge is 2.63. The van der Waals surface area contributed by atoms with E-state index in [0.29, 0.717) is 6.42 Å². The van der Waals surface area contributed by atoms with Crippen molar-refractivity contribution >= 4 is 5.97 Å². The second kappa shape index (κ2) is 3.96. The molecule has 0 aromatic heterocycles. The topological polar surface area (TPSA) is 44.8 Å². The number of esters is 1. The molecule has 0 spiro atoms. The number of carbonyl (C=O) groups excluding carboxylic acids is 1. The maximum Gasteiger partial charge on any atom is 0.422 e. The average Bonchev–Trinajstić information content (AvgIpc) is 2.91. The summed E-state index contributed by atoms with van der Waals surface area (Å²) in [7, 11) is 0. The molecule has 3 saturated heterocycles. The van der Waals surface area contributed by atoms with Crippen LogP contribution in [0.15, 0.2) is 12.2 Å². The molecule has 7 heteroatoms. The van der Waals surface area contributed by atoms with E-state index in [1.54, 1.807) is 0 Å². The maximum absolute atomic E-state index is 12.3. The lowest BCUT2D eigenvalue weighted by molar-refractivity contribution is -0.162. The van der Waals surface area contributed by atoms with Crippen LogP contribution in [0.5, 0.6) is 0 Å². The largest absolute Gasteiger partial charge is 0.453 e. The normalized spacial score (nSPS) is 43.6. The van der Waals surface area contributed by atoms with Gasteiger partial charge in [-0.2, -0.15) is 13.2 Å². The van der Waals surface area contributed by atoms with Crippen molar-refractivity contribution in [1.82, 2.24) is 0 Å². The molecule has 0 aromatic rings. The van der Waals surface area contributed by atoms with Gasteiger partial charge in [0.25, 0.3) is 0 Å². The molecule has 4 nitrogen and oxygen atoms in total. The van der Waals surface area contributed by atoms with Crippen LogP contribution in [0, 0.1) is 5.92 Å². The zero-order valence-corrected chi connectivity index (χ0v) is 10.1. The maximum atomic E-state index is 12.3. The molecule has 2 bridgehead atoms. The average molecular weight is 278 g/mol. The van der Waals surface area contributed by atoms with Gasteiger partial charge in [-0.3, -0.25) is 0 Å². The molecule has 6 unspecified atom stereocenters. The smallest absolute Gasteiger partial charge is 0.422 e. The van der Waals surface area contributed by atoms with Crippen molar-refractivity contribution in [3.63, 3.8) is 0 Å². The predicted molar refractivity (Wildman–Crippen MR) is 56.2 cm³/mol. The summed E-state index contributed by atoms with van der Waals surface area (Å²) in [4.78, 5) is 11.4. The van der Waals surface area contributed by atoms with Crippen molar-refractivity contribution in [3.8, 4) is 0 Å². The summed E-state index contributed by atoms with van der Waals surface area (Å²) in [5.41, 5.74) is -1.50. The van der Waals surface area contributed by atoms with E-state index >= 15 is 0 Å². The summed E-state index contributed by atoms with van der Waals surface area (Å²) in [5, 5.41) is 0. The van der Waals surface area contributed by atoms with E-state index < -0.39 is 29.9 Å². The van der Waals surface area contributed by atoms with Gasteiger partial charge in [-0.1, -0.05) is 6.58 Å². The lowest BCUT2D eigenvalue weighted by Gasteiger charge is -2.23. The molecule has 19 heavy (non-hydrogen) atoms. The Kier molecular flexibility index (Phi) is 2.69. The van der Waals surface area contributed by atoms with Crippen LogP contribution in [0.4, 0.5) is 13.2 Å². The Hall–Kier alpha value is -1.08. The van der Waals surface area contributed by atoms with E-state index in [-0.39, 0.29) is 24.2 Å². The molecule has 3 fully saturated rings. The van der Waals surface area contributed by atoms with E-state index in [1.807, 2.05) is 6.92 Å². The van der Waals surface area contributed by atoms with Gasteiger partial charge in [0.05, 0.1) is 18.3 Å². The molecule has 3 aliphatic rings. The number of ether oxygens (including phenoxy) is 3. The van der Waals surface area contributed by atoms with Crippen molar-refractivity contribution in [2.24, 2.45) is 5.92 Å². The van der Waals surface area contributed by atoms with Crippen LogP contribution in [0.2, 0.25) is 0 Å². The number of halogens is 3. The number of fused-ring (bicyclic) bond motifs is 1. The summed E-state index contributed by atoms with van der Waals surface area (Å²) in [6.07, 6.45) is -5.90. The van der Waals surface area contributed by atoms with Gasteiger partial charge < -0.3 is 14.2 Å². The Labute approximate surface area is 107 Å². The lowest BCUT2D eigenvalue weighted by atomic mass is 9.86. The first-order valence-electron chi connectivity index (χ1n) is 6.07. The fourth-order valence-corrected chi connectivity index (χ4v) is 3.11. The quantitative estimate of drug-likeness (QED) is 0.568. The Morgan fingerprint density at radius 2 is 2.00 bits per heavy atom. The van der Waals surface area contributed by atoms with Gasteiger partial charge in [-0.05, 0) is 13.3 Å². The Balaban J connectivity index is 1.69. The molecule has 6 atom stereocenters. The number of hydrogen-bond donors (Lipinski definition) is 0. The molecule has 0 N–H and O–H groups in total. The van der Waals surface area contributed by atoms with Gasteiger partial charge >= 0.3 is 12.1 Å². The van der Waals surface area contributed by atoms with E-state index in [1.165, 1.54) is 0 Å². The van der Waals surface area contributed by atoms with E-state index in [4.69, 9.17) is 14.2 Å². The molecule has 0 radical (unpaired) electrons. The first-order valence-corrected chi connectivity index (χ1v) is 6.07. The zero-order valence-electron chi connectivity index (χ0n) is 10.1. The lowest BCUT2D eigenvalue weighted by Crippen LogP contribution is -2.41. The summed E-state index contributed by atoms with van der Waals surface area (Å²) >= 11 is 0. The summed E-state index contributed by atoms with van der Waals surface area (Å²) in [5.74, 6) is -1.20. The summed E-state index contributed by atoms with van der Waals surface area (Å²) in [6, 6.07) is 0. The number of rotatable bonds is 2. The van der Waals surface area contributed by atoms with Crippen LogP contribution in [0.3, 0.4) is 0 Å². The third-order valence-corrected chi connectivity index (χ3v) is 4.08. The standard InChI is InChI=1S/C12H13F3O4/c1-4(12(13,14)15)11(16)19-9-7-3-6-5(2)17-10(9)8(6)18-7/h5-10H,1,3H2,2H3. The monoisotopic (exact) mass is 278 g/mol. The highest BCUT2D eigenvalue weighted by atomic mass is 19.4. The highest BCUT2D eigenvalue weighted by Crippen LogP contribution is 2.49. The SMILES string of the molecule is C=C(C(=O)OC1C2CC3C(C)OC1C3O2)C(F)(F)F. The number of alkyl halides is 3. The van der Waals surface area contributed by atoms with Crippen molar-refractivity contribution < 1.29 is 32.2 Å². The van der Waals surface area contributed by atoms with Crippen LogP contribution in [-0.4, -0.2) is 42.7 Å². The minimum Gasteiger partial charge on any atom is -0.453 e. The highest BCUT2D eigenvalue weighted by molar-refractivity contribution is 5.89. The molecule has 0 saturated carbocycles. The van der Waals surface area contributed by atoms with Crippen LogP contribution < -0.4 is 0 Å². The molecule has 0 aromatic carbocycles. The third kappa shape index (κ3) is 1.87. The molecule has 3 rings (SSSR count). The fraction of sp³-hybridized carbons (Fsp3) is 0.750. The van der Waals surface area contributed by atoms with Gasteiger partial charge in [0.15, 0.2) is 6.10 Å². The Morgan fingerprint density at radius 3 is 2.63 bits per heavy atom. The van der Waals surface area contributed by atoms with Gasteiger partial charge in [0.2, 0.25) is 0 Å². The van der Waals surface area contributed by atoms with Crippen molar-refractivity contribution in [1.29, 1.82) is 0 Å². The Bertz CT molecular complexity index is 433. The number of hydrogen-bond acceptors (Lipinski definition) is 4. The second-order valence-electron chi connectivity index (χ2n) is 5.19. The van der Waals surface area contributed by atoms with E-state index in [9.17, 15) is 18.0 Å². The zero-order chi connectivity index (χ0) is 13.9. The molecule has 3 aliphatic heterocycles. The summed E-state index contributed by atoms with van der Waals surface area (Å²) in [6.45, 7) is 4.62. The third-order valence-electron chi connectivity index (χ3n) is 4.08. The second-order valence-corrected chi connectivity index (χ2v) is 5.19. The van der Waals surface area contributed by atoms with Gasteiger partial charge in [0, 0.05) is 5.92 Å². The molecule has 106 valence electrons. The van der Waals surface area contributed by atoms with Gasteiger partial charge in [-0.15, -0.1) is 0 Å². The number of carbonyl (C=O) groups is 1. The van der Waals surface area contributed by atoms with E-state index in [0.717, 1.165) is 0 Å². The first kappa shape index (κ1) is 12.9. The predicted octanol–water partition coefficient (Wildman–Crippen LogP) is 1.59.